The van der Waals surface area contributed by atoms with E-state index in [1.807, 2.05) is 6.92 Å². The molecule has 1 aromatic rings. The van der Waals surface area contributed by atoms with Crippen LogP contribution in [0.2, 0.25) is 5.02 Å². The molecule has 0 saturated heterocycles. The molecule has 0 aliphatic heterocycles. The van der Waals surface area contributed by atoms with Gasteiger partial charge in [0.15, 0.2) is 12.1 Å². The second-order valence-corrected chi connectivity index (χ2v) is 21.1. The van der Waals surface area contributed by atoms with Crippen molar-refractivity contribution in [3.8, 4) is 0 Å². The number of aliphatic carboxylic acids is 1. The number of halogens is 2. The zero-order chi connectivity index (χ0) is 40.5. The summed E-state index contributed by atoms with van der Waals surface area (Å²) in [6.07, 6.45) is 9.77. The van der Waals surface area contributed by atoms with Gasteiger partial charge >= 0.3 is 5.97 Å². The number of Topliss-reactive ketones (excluding diaryl/α,β-unsaturated/α-hetero) is 2. The molecule has 3 N–H and O–H groups in total. The Morgan fingerprint density at radius 2 is 1.62 bits per heavy atom. The summed E-state index contributed by atoms with van der Waals surface area (Å²) in [6.45, 7) is 16.9. The molecule has 5 saturated carbocycles. The smallest absolute Gasteiger partial charge is 0.306 e. The lowest BCUT2D eigenvalue weighted by Crippen LogP contribution is -2.62. The maximum Gasteiger partial charge on any atom is 0.306 e. The molecule has 7 rings (SSSR count). The number of rotatable bonds is 12. The number of allylic oxidation sites excluding steroid dienone is 2. The summed E-state index contributed by atoms with van der Waals surface area (Å²) >= 11 is 5.94. The first-order valence-corrected chi connectivity index (χ1v) is 22.2. The van der Waals surface area contributed by atoms with Gasteiger partial charge in [0.25, 0.3) is 5.91 Å². The minimum atomic E-state index is -1.54. The quantitative estimate of drug-likeness (QED) is 0.144. The third-order valence-corrected chi connectivity index (χ3v) is 17.7. The number of carboxylic acid groups (broad SMARTS) is 1. The Morgan fingerprint density at radius 1 is 0.929 bits per heavy atom. The van der Waals surface area contributed by atoms with Gasteiger partial charge in [-0.2, -0.15) is 0 Å². The molecule has 0 radical (unpaired) electrons. The summed E-state index contributed by atoms with van der Waals surface area (Å²) in [5.41, 5.74) is 3.06. The first-order valence-electron chi connectivity index (χ1n) is 21.8. The molecule has 0 bridgehead atoms. The van der Waals surface area contributed by atoms with Crippen LogP contribution in [0.1, 0.15) is 136 Å². The number of benzene rings is 1. The van der Waals surface area contributed by atoms with Crippen molar-refractivity contribution in [2.75, 3.05) is 13.1 Å². The molecule has 0 spiro atoms. The van der Waals surface area contributed by atoms with Gasteiger partial charge in [0.2, 0.25) is 0 Å². The highest BCUT2D eigenvalue weighted by Crippen LogP contribution is 2.74. The molecular weight excluding hydrogens is 727 g/mol. The molecule has 308 valence electrons. The molecule has 12 unspecified atom stereocenters. The molecule has 56 heavy (non-hydrogen) atoms. The molecule has 6 aliphatic rings. The Balaban J connectivity index is 1.03. The molecule has 12 atom stereocenters. The lowest BCUT2D eigenvalue weighted by molar-refractivity contribution is -0.193. The van der Waals surface area contributed by atoms with E-state index >= 15 is 0 Å². The van der Waals surface area contributed by atoms with Crippen molar-refractivity contribution < 1.29 is 28.7 Å². The third-order valence-electron chi connectivity index (χ3n) is 17.4. The number of ketones is 2. The third kappa shape index (κ3) is 6.92. The first-order chi connectivity index (χ1) is 26.3. The van der Waals surface area contributed by atoms with Crippen LogP contribution in [0.25, 0.3) is 0 Å². The lowest BCUT2D eigenvalue weighted by Gasteiger charge is -2.69. The molecule has 1 aromatic carbocycles. The summed E-state index contributed by atoms with van der Waals surface area (Å²) in [6, 6.07) is 6.39. The van der Waals surface area contributed by atoms with Crippen molar-refractivity contribution in [3.05, 3.63) is 46.0 Å². The standard InChI is InChI=1S/C47H66ClFN2O5/c1-26(2)40-36(53)24-47(20-21-50-25-39(49)51-42(54)28-8-10-30(48)11-9-28)19-15-34-31(41(40)47)12-13-38-45(34,6)18-16-37-44(4,5)29(14-17-46(37,38)7)22-35(52)32-23-33(27(32)3)43(55)56/h8-11,26-27,29,31-34,37-39,50H,12-25H2,1-7H3,(H,51,54)(H,55,56). The van der Waals surface area contributed by atoms with Gasteiger partial charge in [-0.1, -0.05) is 65.6 Å². The highest BCUT2D eigenvalue weighted by molar-refractivity contribution is 6.30. The second kappa shape index (κ2) is 15.2. The summed E-state index contributed by atoms with van der Waals surface area (Å²) in [5.74, 6) is 1.31. The van der Waals surface area contributed by atoms with Crippen molar-refractivity contribution in [3.63, 3.8) is 0 Å². The second-order valence-electron chi connectivity index (χ2n) is 20.6. The maximum atomic E-state index is 15.0. The van der Waals surface area contributed by atoms with E-state index in [1.54, 1.807) is 24.3 Å². The van der Waals surface area contributed by atoms with E-state index < -0.39 is 18.2 Å². The Bertz CT molecular complexity index is 1760. The van der Waals surface area contributed by atoms with Crippen molar-refractivity contribution in [2.24, 2.45) is 74.9 Å². The fraction of sp³-hybridized carbons (Fsp3) is 0.745. The number of nitrogens with one attached hydrogen (secondary N) is 2. The van der Waals surface area contributed by atoms with Crippen molar-refractivity contribution >= 4 is 35.0 Å². The zero-order valence-corrected chi connectivity index (χ0v) is 35.6. The van der Waals surface area contributed by atoms with Crippen LogP contribution in [0.4, 0.5) is 4.39 Å². The number of carbonyl (C=O) groups is 4. The zero-order valence-electron chi connectivity index (χ0n) is 34.8. The Hall–Kier alpha value is -2.58. The van der Waals surface area contributed by atoms with Crippen molar-refractivity contribution in [1.29, 1.82) is 0 Å². The van der Waals surface area contributed by atoms with Gasteiger partial charge in [0.05, 0.1) is 5.92 Å². The monoisotopic (exact) mass is 792 g/mol. The van der Waals surface area contributed by atoms with Gasteiger partial charge in [-0.15, -0.1) is 0 Å². The van der Waals surface area contributed by atoms with Crippen molar-refractivity contribution in [2.45, 2.75) is 132 Å². The van der Waals surface area contributed by atoms with E-state index in [4.69, 9.17) is 11.6 Å². The van der Waals surface area contributed by atoms with Crippen LogP contribution in [0, 0.1) is 74.9 Å². The number of fused-ring (bicyclic) bond motifs is 7. The van der Waals surface area contributed by atoms with Crippen LogP contribution >= 0.6 is 11.6 Å². The Labute approximate surface area is 339 Å². The molecule has 0 aromatic heterocycles. The molecule has 9 heteroatoms. The summed E-state index contributed by atoms with van der Waals surface area (Å²) in [4.78, 5) is 51.7. The van der Waals surface area contributed by atoms with E-state index in [1.165, 1.54) is 12.0 Å². The van der Waals surface area contributed by atoms with Crippen LogP contribution in [0.15, 0.2) is 35.4 Å². The van der Waals surface area contributed by atoms with E-state index in [2.05, 4.69) is 52.2 Å². The normalized spacial score (nSPS) is 39.1. The van der Waals surface area contributed by atoms with E-state index in [0.717, 1.165) is 56.9 Å². The molecular formula is C47H66ClFN2O5. The highest BCUT2D eigenvalue weighted by Gasteiger charge is 2.66. The Kier molecular flexibility index (Phi) is 11.3. The molecule has 0 heterocycles. The summed E-state index contributed by atoms with van der Waals surface area (Å²) in [7, 11) is 0. The SMILES string of the molecule is CC(C)C1=C2C3CCC4C(C)(CCC5C(C)(C)C(CC(=O)C6CC(C(=O)O)C6C)CCC54C)C3CCC2(CCNCC(F)NC(=O)c2ccc(Cl)cc2)CC1=O. The Morgan fingerprint density at radius 3 is 2.29 bits per heavy atom. The van der Waals surface area contributed by atoms with Gasteiger partial charge in [0.1, 0.15) is 5.78 Å². The number of amides is 1. The number of hydrogen-bond donors (Lipinski definition) is 3. The lowest BCUT2D eigenvalue weighted by atomic mass is 9.35. The minimum absolute atomic E-state index is 0.00124. The minimum Gasteiger partial charge on any atom is -0.481 e. The van der Waals surface area contributed by atoms with Gasteiger partial charge in [-0.25, -0.2) is 4.39 Å². The van der Waals surface area contributed by atoms with Crippen LogP contribution in [-0.4, -0.2) is 47.9 Å². The average molecular weight is 794 g/mol. The van der Waals surface area contributed by atoms with E-state index in [-0.39, 0.29) is 57.7 Å². The van der Waals surface area contributed by atoms with Gasteiger partial charge < -0.3 is 15.7 Å². The highest BCUT2D eigenvalue weighted by atomic mass is 35.5. The largest absolute Gasteiger partial charge is 0.481 e. The fourth-order valence-corrected chi connectivity index (χ4v) is 14.7. The topological polar surface area (TPSA) is 113 Å². The van der Waals surface area contributed by atoms with Crippen molar-refractivity contribution in [1.82, 2.24) is 10.6 Å². The molecule has 5 fully saturated rings. The van der Waals surface area contributed by atoms with Gasteiger partial charge in [0, 0.05) is 41.3 Å². The van der Waals surface area contributed by atoms with Crippen LogP contribution in [0.5, 0.6) is 0 Å². The predicted octanol–water partition coefficient (Wildman–Crippen LogP) is 9.87. The number of carboxylic acids is 1. The summed E-state index contributed by atoms with van der Waals surface area (Å²) in [5, 5.41) is 15.8. The van der Waals surface area contributed by atoms with E-state index in [9.17, 15) is 28.7 Å². The average Bonchev–Trinajstić information content (AvgIpc) is 3.43. The van der Waals surface area contributed by atoms with E-state index in [0.29, 0.717) is 71.8 Å². The summed E-state index contributed by atoms with van der Waals surface area (Å²) < 4.78 is 15.0. The first kappa shape index (κ1) is 41.6. The molecule has 1 amide bonds. The van der Waals surface area contributed by atoms with Crippen LogP contribution < -0.4 is 10.6 Å². The van der Waals surface area contributed by atoms with Gasteiger partial charge in [-0.3, -0.25) is 19.2 Å². The molecule has 7 nitrogen and oxygen atoms in total. The number of alkyl halides is 1. The maximum absolute atomic E-state index is 15.0. The number of carbonyl (C=O) groups excluding carboxylic acids is 3. The fourth-order valence-electron chi connectivity index (χ4n) is 14.5. The molecule has 6 aliphatic carbocycles. The van der Waals surface area contributed by atoms with Gasteiger partial charge in [-0.05, 0) is 158 Å². The van der Waals surface area contributed by atoms with Crippen LogP contribution in [0.3, 0.4) is 0 Å². The predicted molar refractivity (Wildman–Crippen MR) is 218 cm³/mol. The van der Waals surface area contributed by atoms with Crippen LogP contribution in [-0.2, 0) is 14.4 Å². The number of hydrogen-bond acceptors (Lipinski definition) is 5.